The van der Waals surface area contributed by atoms with Crippen LogP contribution in [0.4, 0.5) is 0 Å². The van der Waals surface area contributed by atoms with Gasteiger partial charge in [-0.05, 0) is 43.2 Å². The van der Waals surface area contributed by atoms with E-state index in [1.807, 2.05) is 24.3 Å². The largest absolute Gasteiger partial charge is 0.497 e. The monoisotopic (exact) mass is 299 g/mol. The minimum absolute atomic E-state index is 0.109. The summed E-state index contributed by atoms with van der Waals surface area (Å²) in [5.74, 6) is 1.31. The molecule has 116 valence electrons. The van der Waals surface area contributed by atoms with E-state index in [0.717, 1.165) is 11.3 Å². The quantitative estimate of drug-likeness (QED) is 0.833. The van der Waals surface area contributed by atoms with Crippen LogP contribution in [-0.4, -0.2) is 25.5 Å². The fraction of sp³-hybridized carbons (Fsp3) is 0.278. The van der Waals surface area contributed by atoms with Gasteiger partial charge < -0.3 is 15.2 Å². The molecule has 0 amide bonds. The molecule has 0 aliphatic carbocycles. The lowest BCUT2D eigenvalue weighted by molar-refractivity contribution is 0.0900. The Kier molecular flexibility index (Phi) is 4.83. The zero-order valence-electron chi connectivity index (χ0n) is 13.1. The summed E-state index contributed by atoms with van der Waals surface area (Å²) in [6.07, 6.45) is 0.451. The molecule has 0 aliphatic rings. The highest BCUT2D eigenvalue weighted by molar-refractivity contribution is 6.03. The van der Waals surface area contributed by atoms with Crippen molar-refractivity contribution in [1.82, 2.24) is 0 Å². The molecule has 0 radical (unpaired) electrons. The van der Waals surface area contributed by atoms with Gasteiger partial charge in [-0.25, -0.2) is 0 Å². The standard InChI is InChI=1S/C18H21NO3/c1-18(19,12-13-7-9-15(21-2)10-8-13)17(20)14-5-4-6-16(11-14)22-3/h4-11H,12,19H2,1-3H3. The van der Waals surface area contributed by atoms with Gasteiger partial charge in [-0.15, -0.1) is 0 Å². The van der Waals surface area contributed by atoms with Crippen LogP contribution in [0, 0.1) is 0 Å². The van der Waals surface area contributed by atoms with Gasteiger partial charge in [-0.2, -0.15) is 0 Å². The molecule has 0 heterocycles. The lowest BCUT2D eigenvalue weighted by atomic mass is 9.86. The Morgan fingerprint density at radius 2 is 1.68 bits per heavy atom. The molecule has 2 aromatic rings. The molecule has 2 aromatic carbocycles. The molecular weight excluding hydrogens is 278 g/mol. The number of hydrogen-bond donors (Lipinski definition) is 1. The van der Waals surface area contributed by atoms with Gasteiger partial charge in [0.05, 0.1) is 19.8 Å². The van der Waals surface area contributed by atoms with Gasteiger partial charge in [-0.1, -0.05) is 24.3 Å². The van der Waals surface area contributed by atoms with Crippen molar-refractivity contribution in [2.45, 2.75) is 18.9 Å². The molecule has 0 aromatic heterocycles. The van der Waals surface area contributed by atoms with Crippen molar-refractivity contribution >= 4 is 5.78 Å². The molecule has 4 heteroatoms. The van der Waals surface area contributed by atoms with Crippen LogP contribution >= 0.6 is 0 Å². The Morgan fingerprint density at radius 3 is 2.27 bits per heavy atom. The Morgan fingerprint density at radius 1 is 1.05 bits per heavy atom. The molecule has 0 saturated carbocycles. The molecule has 4 nitrogen and oxygen atoms in total. The maximum Gasteiger partial charge on any atom is 0.182 e. The maximum atomic E-state index is 12.7. The second kappa shape index (κ2) is 6.62. The highest BCUT2D eigenvalue weighted by Gasteiger charge is 2.29. The molecule has 0 bridgehead atoms. The van der Waals surface area contributed by atoms with Gasteiger partial charge in [0.15, 0.2) is 5.78 Å². The van der Waals surface area contributed by atoms with Gasteiger partial charge in [0.2, 0.25) is 0 Å². The van der Waals surface area contributed by atoms with Crippen molar-refractivity contribution in [3.63, 3.8) is 0 Å². The molecule has 2 rings (SSSR count). The number of Topliss-reactive ketones (excluding diaryl/α,β-unsaturated/α-hetero) is 1. The summed E-state index contributed by atoms with van der Waals surface area (Å²) in [6, 6.07) is 14.6. The normalized spacial score (nSPS) is 13.3. The average Bonchev–Trinajstić information content (AvgIpc) is 2.54. The smallest absolute Gasteiger partial charge is 0.182 e. The van der Waals surface area contributed by atoms with Crippen LogP contribution in [0.3, 0.4) is 0 Å². The number of carbonyl (C=O) groups excluding carboxylic acids is 1. The maximum absolute atomic E-state index is 12.7. The summed E-state index contributed by atoms with van der Waals surface area (Å²) in [7, 11) is 3.19. The number of rotatable bonds is 6. The van der Waals surface area contributed by atoms with Crippen LogP contribution in [0.15, 0.2) is 48.5 Å². The van der Waals surface area contributed by atoms with Crippen molar-refractivity contribution < 1.29 is 14.3 Å². The summed E-state index contributed by atoms with van der Waals surface area (Å²) < 4.78 is 10.3. The van der Waals surface area contributed by atoms with Crippen LogP contribution in [-0.2, 0) is 6.42 Å². The van der Waals surface area contributed by atoms with E-state index < -0.39 is 5.54 Å². The fourth-order valence-electron chi connectivity index (χ4n) is 2.34. The zero-order valence-corrected chi connectivity index (χ0v) is 13.1. The van der Waals surface area contributed by atoms with Gasteiger partial charge in [0.1, 0.15) is 11.5 Å². The molecule has 0 aliphatic heterocycles. The number of ketones is 1. The van der Waals surface area contributed by atoms with E-state index in [-0.39, 0.29) is 5.78 Å². The van der Waals surface area contributed by atoms with Crippen LogP contribution in [0.5, 0.6) is 11.5 Å². The highest BCUT2D eigenvalue weighted by Crippen LogP contribution is 2.21. The summed E-state index contributed by atoms with van der Waals surface area (Å²) >= 11 is 0. The number of nitrogens with two attached hydrogens (primary N) is 1. The van der Waals surface area contributed by atoms with Crippen molar-refractivity contribution in [2.75, 3.05) is 14.2 Å². The van der Waals surface area contributed by atoms with Crippen LogP contribution in [0.1, 0.15) is 22.8 Å². The SMILES string of the molecule is COc1ccc(CC(C)(N)C(=O)c2cccc(OC)c2)cc1. The summed E-state index contributed by atoms with van der Waals surface area (Å²) in [5.41, 5.74) is 6.82. The minimum atomic E-state index is -0.985. The third-order valence-corrected chi connectivity index (χ3v) is 3.58. The first kappa shape index (κ1) is 16.0. The first-order chi connectivity index (χ1) is 10.5. The number of ether oxygens (including phenoxy) is 2. The van der Waals surface area contributed by atoms with E-state index in [0.29, 0.717) is 17.7 Å². The molecule has 0 spiro atoms. The Labute approximate surface area is 130 Å². The zero-order chi connectivity index (χ0) is 16.2. The highest BCUT2D eigenvalue weighted by atomic mass is 16.5. The second-order valence-corrected chi connectivity index (χ2v) is 5.50. The van der Waals surface area contributed by atoms with Gasteiger partial charge >= 0.3 is 0 Å². The first-order valence-electron chi connectivity index (χ1n) is 7.07. The average molecular weight is 299 g/mol. The van der Waals surface area contributed by atoms with Crippen molar-refractivity contribution in [3.8, 4) is 11.5 Å². The summed E-state index contributed by atoms with van der Waals surface area (Å²) in [6.45, 7) is 1.75. The van der Waals surface area contributed by atoms with E-state index in [4.69, 9.17) is 15.2 Å². The third kappa shape index (κ3) is 3.65. The van der Waals surface area contributed by atoms with E-state index in [1.165, 1.54) is 0 Å². The minimum Gasteiger partial charge on any atom is -0.497 e. The predicted molar refractivity (Wildman–Crippen MR) is 86.6 cm³/mol. The van der Waals surface area contributed by atoms with Crippen molar-refractivity contribution in [2.24, 2.45) is 5.73 Å². The Bertz CT molecular complexity index is 648. The first-order valence-corrected chi connectivity index (χ1v) is 7.07. The molecule has 2 N–H and O–H groups in total. The van der Waals surface area contributed by atoms with Gasteiger partial charge in [0, 0.05) is 5.56 Å². The number of methoxy groups -OCH3 is 2. The molecule has 1 atom stereocenters. The fourth-order valence-corrected chi connectivity index (χ4v) is 2.34. The molecule has 22 heavy (non-hydrogen) atoms. The van der Waals surface area contributed by atoms with Crippen molar-refractivity contribution in [3.05, 3.63) is 59.7 Å². The number of carbonyl (C=O) groups is 1. The predicted octanol–water partition coefficient (Wildman–Crippen LogP) is 2.85. The number of hydrogen-bond acceptors (Lipinski definition) is 4. The van der Waals surface area contributed by atoms with Crippen LogP contribution < -0.4 is 15.2 Å². The molecule has 1 unspecified atom stereocenters. The lowest BCUT2D eigenvalue weighted by Gasteiger charge is -2.23. The number of benzene rings is 2. The van der Waals surface area contributed by atoms with Crippen LogP contribution in [0.25, 0.3) is 0 Å². The molecule has 0 fully saturated rings. The topological polar surface area (TPSA) is 61.5 Å². The Balaban J connectivity index is 2.18. The second-order valence-electron chi connectivity index (χ2n) is 5.50. The molecular formula is C18H21NO3. The van der Waals surface area contributed by atoms with Crippen LogP contribution in [0.2, 0.25) is 0 Å². The molecule has 0 saturated heterocycles. The Hall–Kier alpha value is -2.33. The van der Waals surface area contributed by atoms with E-state index in [2.05, 4.69) is 0 Å². The van der Waals surface area contributed by atoms with E-state index in [1.54, 1.807) is 45.4 Å². The van der Waals surface area contributed by atoms with Gasteiger partial charge in [-0.3, -0.25) is 4.79 Å². The summed E-state index contributed by atoms with van der Waals surface area (Å²) in [5, 5.41) is 0. The third-order valence-electron chi connectivity index (χ3n) is 3.58. The summed E-state index contributed by atoms with van der Waals surface area (Å²) in [4.78, 5) is 12.7. The van der Waals surface area contributed by atoms with E-state index in [9.17, 15) is 4.79 Å². The van der Waals surface area contributed by atoms with Gasteiger partial charge in [0.25, 0.3) is 0 Å². The lowest BCUT2D eigenvalue weighted by Crippen LogP contribution is -2.47. The van der Waals surface area contributed by atoms with E-state index >= 15 is 0 Å². The van der Waals surface area contributed by atoms with Crippen molar-refractivity contribution in [1.29, 1.82) is 0 Å².